The van der Waals surface area contributed by atoms with E-state index >= 15 is 0 Å². The van der Waals surface area contributed by atoms with Crippen LogP contribution in [0.4, 0.5) is 0 Å². The second-order valence-electron chi connectivity index (χ2n) is 4.02. The molecule has 1 aromatic carbocycles. The fourth-order valence-corrected chi connectivity index (χ4v) is 2.66. The quantitative estimate of drug-likeness (QED) is 0.457. The minimum absolute atomic E-state index is 0.281. The van der Waals surface area contributed by atoms with Crippen LogP contribution >= 0.6 is 34.5 Å². The molecule has 2 aromatic rings. The smallest absolute Gasteiger partial charge is 0.331 e. The number of benzene rings is 1. The molecule has 0 radical (unpaired) electrons. The van der Waals surface area contributed by atoms with Crippen molar-refractivity contribution in [2.75, 3.05) is 6.61 Å². The van der Waals surface area contributed by atoms with Crippen molar-refractivity contribution in [3.05, 3.63) is 62.3 Å². The number of Topliss-reactive ketones (excluding diaryl/α,β-unsaturated/α-hetero) is 1. The SMILES string of the molecule is O=C(/C=C/c1cccc(Cl)c1)OCC(=O)c1ccc(Cl)s1. The van der Waals surface area contributed by atoms with E-state index < -0.39 is 5.97 Å². The van der Waals surface area contributed by atoms with E-state index in [1.807, 2.05) is 0 Å². The summed E-state index contributed by atoms with van der Waals surface area (Å²) in [6, 6.07) is 10.3. The van der Waals surface area contributed by atoms with Crippen LogP contribution in [0.5, 0.6) is 0 Å². The van der Waals surface area contributed by atoms with E-state index in [4.69, 9.17) is 27.9 Å². The van der Waals surface area contributed by atoms with Gasteiger partial charge in [0.2, 0.25) is 5.78 Å². The number of carbonyl (C=O) groups is 2. The van der Waals surface area contributed by atoms with E-state index in [9.17, 15) is 9.59 Å². The van der Waals surface area contributed by atoms with Gasteiger partial charge in [0.05, 0.1) is 9.21 Å². The molecule has 2 rings (SSSR count). The van der Waals surface area contributed by atoms with Crippen LogP contribution in [0.25, 0.3) is 6.08 Å². The molecule has 0 amide bonds. The lowest BCUT2D eigenvalue weighted by molar-refractivity contribution is -0.136. The first-order valence-electron chi connectivity index (χ1n) is 5.93. The number of ketones is 1. The number of carbonyl (C=O) groups excluding carboxylic acids is 2. The van der Waals surface area contributed by atoms with E-state index in [0.717, 1.165) is 16.9 Å². The second-order valence-corrected chi connectivity index (χ2v) is 6.17. The molecule has 0 saturated heterocycles. The highest BCUT2D eigenvalue weighted by Crippen LogP contribution is 2.21. The molecule has 0 aliphatic heterocycles. The van der Waals surface area contributed by atoms with Gasteiger partial charge in [0, 0.05) is 11.1 Å². The summed E-state index contributed by atoms with van der Waals surface area (Å²) in [4.78, 5) is 23.7. The van der Waals surface area contributed by atoms with Crippen molar-refractivity contribution < 1.29 is 14.3 Å². The van der Waals surface area contributed by atoms with Crippen molar-refractivity contribution in [2.45, 2.75) is 0 Å². The molecule has 0 atom stereocenters. The Balaban J connectivity index is 1.86. The van der Waals surface area contributed by atoms with Crippen molar-refractivity contribution in [1.82, 2.24) is 0 Å². The van der Waals surface area contributed by atoms with E-state index in [2.05, 4.69) is 0 Å². The number of halogens is 2. The minimum atomic E-state index is -0.592. The molecule has 6 heteroatoms. The van der Waals surface area contributed by atoms with E-state index in [1.54, 1.807) is 42.5 Å². The van der Waals surface area contributed by atoms with Gasteiger partial charge in [-0.05, 0) is 35.9 Å². The average molecular weight is 341 g/mol. The minimum Gasteiger partial charge on any atom is -0.454 e. The van der Waals surface area contributed by atoms with Crippen LogP contribution in [0.1, 0.15) is 15.2 Å². The van der Waals surface area contributed by atoms with E-state index in [-0.39, 0.29) is 12.4 Å². The average Bonchev–Trinajstić information content (AvgIpc) is 2.89. The van der Waals surface area contributed by atoms with Crippen LogP contribution < -0.4 is 0 Å². The highest BCUT2D eigenvalue weighted by Gasteiger charge is 2.10. The van der Waals surface area contributed by atoms with E-state index in [1.165, 1.54) is 6.08 Å². The van der Waals surface area contributed by atoms with Crippen LogP contribution in [0.3, 0.4) is 0 Å². The molecule has 0 spiro atoms. The van der Waals surface area contributed by atoms with Crippen molar-refractivity contribution in [1.29, 1.82) is 0 Å². The zero-order chi connectivity index (χ0) is 15.2. The maximum atomic E-state index is 11.7. The fraction of sp³-hybridized carbons (Fsp3) is 0.0667. The third-order valence-electron chi connectivity index (χ3n) is 2.45. The van der Waals surface area contributed by atoms with Gasteiger partial charge >= 0.3 is 5.97 Å². The normalized spacial score (nSPS) is 10.8. The monoisotopic (exact) mass is 340 g/mol. The summed E-state index contributed by atoms with van der Waals surface area (Å²) in [6.45, 7) is -0.310. The second kappa shape index (κ2) is 7.41. The Morgan fingerprint density at radius 1 is 1.19 bits per heavy atom. The Bertz CT molecular complexity index is 692. The lowest BCUT2D eigenvalue weighted by atomic mass is 10.2. The third-order valence-corrected chi connectivity index (χ3v) is 3.96. The van der Waals surface area contributed by atoms with Gasteiger partial charge < -0.3 is 4.74 Å². The summed E-state index contributed by atoms with van der Waals surface area (Å²) in [5.74, 6) is -0.873. The molecule has 0 aliphatic rings. The van der Waals surface area contributed by atoms with Crippen LogP contribution in [0.2, 0.25) is 9.36 Å². The maximum Gasteiger partial charge on any atom is 0.331 e. The number of rotatable bonds is 5. The molecular formula is C15H10Cl2O3S. The van der Waals surface area contributed by atoms with Gasteiger partial charge in [-0.3, -0.25) is 4.79 Å². The van der Waals surface area contributed by atoms with Gasteiger partial charge in [0.25, 0.3) is 0 Å². The Morgan fingerprint density at radius 2 is 2.00 bits per heavy atom. The molecule has 21 heavy (non-hydrogen) atoms. The summed E-state index contributed by atoms with van der Waals surface area (Å²) >= 11 is 12.7. The Hall–Kier alpha value is -1.62. The molecule has 0 N–H and O–H groups in total. The molecule has 1 aromatic heterocycles. The highest BCUT2D eigenvalue weighted by molar-refractivity contribution is 7.18. The van der Waals surface area contributed by atoms with Gasteiger partial charge in [-0.1, -0.05) is 35.3 Å². The predicted octanol–water partition coefficient (Wildman–Crippen LogP) is 4.49. The molecule has 0 aliphatic carbocycles. The van der Waals surface area contributed by atoms with Crippen LogP contribution in [0.15, 0.2) is 42.5 Å². The molecule has 0 fully saturated rings. The zero-order valence-electron chi connectivity index (χ0n) is 10.7. The molecule has 108 valence electrons. The Kier molecular flexibility index (Phi) is 5.56. The highest BCUT2D eigenvalue weighted by atomic mass is 35.5. The maximum absolute atomic E-state index is 11.7. The van der Waals surface area contributed by atoms with Crippen LogP contribution in [-0.4, -0.2) is 18.4 Å². The number of hydrogen-bond donors (Lipinski definition) is 0. The predicted molar refractivity (Wildman–Crippen MR) is 85.1 cm³/mol. The van der Waals surface area contributed by atoms with Gasteiger partial charge in [-0.2, -0.15) is 0 Å². The zero-order valence-corrected chi connectivity index (χ0v) is 13.0. The van der Waals surface area contributed by atoms with Gasteiger partial charge in [0.15, 0.2) is 6.61 Å². The Morgan fingerprint density at radius 3 is 2.67 bits per heavy atom. The largest absolute Gasteiger partial charge is 0.454 e. The number of thiophene rings is 1. The van der Waals surface area contributed by atoms with Gasteiger partial charge in [-0.15, -0.1) is 11.3 Å². The standard InChI is InChI=1S/C15H10Cl2O3S/c16-11-3-1-2-10(8-11)4-7-15(19)20-9-12(18)13-5-6-14(17)21-13/h1-8H,9H2/b7-4+. The summed E-state index contributed by atoms with van der Waals surface area (Å²) in [5.41, 5.74) is 0.774. The lowest BCUT2D eigenvalue weighted by Crippen LogP contribution is -2.11. The summed E-state index contributed by atoms with van der Waals surface area (Å²) in [5, 5.41) is 0.579. The van der Waals surface area contributed by atoms with Crippen molar-refractivity contribution >= 4 is 52.4 Å². The molecular weight excluding hydrogens is 331 g/mol. The van der Waals surface area contributed by atoms with E-state index in [0.29, 0.717) is 14.2 Å². The van der Waals surface area contributed by atoms with Crippen LogP contribution in [0, 0.1) is 0 Å². The number of hydrogen-bond acceptors (Lipinski definition) is 4. The van der Waals surface area contributed by atoms with Crippen molar-refractivity contribution in [3.63, 3.8) is 0 Å². The molecule has 0 unspecified atom stereocenters. The molecule has 3 nitrogen and oxygen atoms in total. The first-order chi connectivity index (χ1) is 10.0. The molecule has 1 heterocycles. The topological polar surface area (TPSA) is 43.4 Å². The van der Waals surface area contributed by atoms with Gasteiger partial charge in [-0.25, -0.2) is 4.79 Å². The molecule has 0 saturated carbocycles. The fourth-order valence-electron chi connectivity index (χ4n) is 1.49. The van der Waals surface area contributed by atoms with Gasteiger partial charge in [0.1, 0.15) is 0 Å². The molecule has 0 bridgehead atoms. The van der Waals surface area contributed by atoms with Crippen LogP contribution in [-0.2, 0) is 9.53 Å². The van der Waals surface area contributed by atoms with Crippen molar-refractivity contribution in [3.8, 4) is 0 Å². The Labute approximate surface area is 135 Å². The summed E-state index contributed by atoms with van der Waals surface area (Å²) in [7, 11) is 0. The first kappa shape index (κ1) is 15.8. The summed E-state index contributed by atoms with van der Waals surface area (Å²) in [6.07, 6.45) is 2.82. The lowest BCUT2D eigenvalue weighted by Gasteiger charge is -1.99. The third kappa shape index (κ3) is 5.01. The number of ether oxygens (including phenoxy) is 1. The van der Waals surface area contributed by atoms with Crippen molar-refractivity contribution in [2.24, 2.45) is 0 Å². The number of esters is 1. The summed E-state index contributed by atoms with van der Waals surface area (Å²) < 4.78 is 5.39. The first-order valence-corrected chi connectivity index (χ1v) is 7.51.